The summed E-state index contributed by atoms with van der Waals surface area (Å²) in [6.45, 7) is 7.48. The molecule has 7 heteroatoms. The Morgan fingerprint density at radius 2 is 1.97 bits per heavy atom. The van der Waals surface area contributed by atoms with E-state index in [1.165, 1.54) is 17.7 Å². The molecule has 0 radical (unpaired) electrons. The average molecular weight is 458 g/mol. The van der Waals surface area contributed by atoms with Crippen LogP contribution in [0.2, 0.25) is 0 Å². The van der Waals surface area contributed by atoms with Crippen LogP contribution in [-0.2, 0) is 0 Å². The molecule has 2 aromatic rings. The molecule has 180 valence electrons. The average Bonchev–Trinajstić information content (AvgIpc) is 2.79. The van der Waals surface area contributed by atoms with E-state index in [1.54, 1.807) is 25.3 Å². The lowest BCUT2D eigenvalue weighted by Crippen LogP contribution is -2.54. The first-order valence-electron chi connectivity index (χ1n) is 11.7. The third-order valence-corrected chi connectivity index (χ3v) is 6.53. The second-order valence-corrected chi connectivity index (χ2v) is 9.28. The number of ether oxygens (including phenoxy) is 1. The highest BCUT2D eigenvalue weighted by molar-refractivity contribution is 5.89. The molecular weight excluding hydrogens is 421 g/mol. The number of nitrogens with one attached hydrogen (secondary N) is 2. The molecule has 33 heavy (non-hydrogen) atoms. The highest BCUT2D eigenvalue weighted by Crippen LogP contribution is 2.32. The number of hydrogen-bond acceptors (Lipinski definition) is 4. The van der Waals surface area contributed by atoms with Crippen LogP contribution < -0.4 is 15.4 Å². The van der Waals surface area contributed by atoms with Gasteiger partial charge in [-0.25, -0.2) is 9.18 Å². The number of piperidine rings is 1. The second-order valence-electron chi connectivity index (χ2n) is 9.28. The van der Waals surface area contributed by atoms with Gasteiger partial charge in [0.05, 0.1) is 19.3 Å². The monoisotopic (exact) mass is 457 g/mol. The number of carbonyl (C=O) groups excluding carboxylic acids is 1. The molecule has 1 heterocycles. The topological polar surface area (TPSA) is 73.8 Å². The third kappa shape index (κ3) is 6.92. The number of aliphatic hydroxyl groups excluding tert-OH is 1. The van der Waals surface area contributed by atoms with Gasteiger partial charge in [0.25, 0.3) is 0 Å². The number of β-amino-alcohol motifs (C(OH)–C–C–N with tert-alkyl or cyclic N) is 1. The Morgan fingerprint density at radius 1 is 1.24 bits per heavy atom. The van der Waals surface area contributed by atoms with Crippen molar-refractivity contribution in [2.45, 2.75) is 57.7 Å². The van der Waals surface area contributed by atoms with E-state index < -0.39 is 12.1 Å². The van der Waals surface area contributed by atoms with Gasteiger partial charge >= 0.3 is 6.03 Å². The number of carbonyl (C=O) groups is 1. The highest BCUT2D eigenvalue weighted by atomic mass is 19.1. The van der Waals surface area contributed by atoms with Gasteiger partial charge in [-0.3, -0.25) is 4.90 Å². The number of methoxy groups -OCH3 is 1. The fourth-order valence-corrected chi connectivity index (χ4v) is 4.61. The Morgan fingerprint density at radius 3 is 2.61 bits per heavy atom. The molecule has 1 fully saturated rings. The number of aliphatic hydroxyl groups is 1. The van der Waals surface area contributed by atoms with E-state index in [1.807, 2.05) is 32.0 Å². The first kappa shape index (κ1) is 25.0. The van der Waals surface area contributed by atoms with Crippen molar-refractivity contribution in [3.05, 3.63) is 59.9 Å². The Hall–Kier alpha value is -2.64. The third-order valence-electron chi connectivity index (χ3n) is 6.53. The summed E-state index contributed by atoms with van der Waals surface area (Å²) in [5.74, 6) is 0.895. The van der Waals surface area contributed by atoms with Crippen LogP contribution in [0.15, 0.2) is 48.5 Å². The summed E-state index contributed by atoms with van der Waals surface area (Å²) in [6, 6.07) is 13.5. The number of halogens is 1. The number of rotatable bonds is 8. The molecule has 1 aliphatic rings. The molecule has 1 saturated heterocycles. The van der Waals surface area contributed by atoms with Crippen LogP contribution in [0, 0.1) is 11.7 Å². The van der Waals surface area contributed by atoms with Crippen molar-refractivity contribution in [3.63, 3.8) is 0 Å². The van der Waals surface area contributed by atoms with Crippen molar-refractivity contribution in [1.29, 1.82) is 0 Å². The number of nitrogens with zero attached hydrogens (tertiary/aromatic N) is 1. The van der Waals surface area contributed by atoms with E-state index in [9.17, 15) is 14.3 Å². The van der Waals surface area contributed by atoms with Crippen LogP contribution in [0.4, 0.5) is 14.9 Å². The van der Waals surface area contributed by atoms with Gasteiger partial charge in [0.1, 0.15) is 11.6 Å². The maximum absolute atomic E-state index is 13.2. The summed E-state index contributed by atoms with van der Waals surface area (Å²) in [6.07, 6.45) is 1.21. The fourth-order valence-electron chi connectivity index (χ4n) is 4.61. The number of benzene rings is 2. The zero-order chi connectivity index (χ0) is 24.0. The van der Waals surface area contributed by atoms with Gasteiger partial charge in [0.2, 0.25) is 0 Å². The van der Waals surface area contributed by atoms with Gasteiger partial charge in [-0.2, -0.15) is 0 Å². The number of anilines is 1. The minimum atomic E-state index is -0.703. The van der Waals surface area contributed by atoms with Gasteiger partial charge < -0.3 is 20.5 Å². The summed E-state index contributed by atoms with van der Waals surface area (Å²) in [5.41, 5.74) is 1.79. The van der Waals surface area contributed by atoms with Crippen molar-refractivity contribution in [2.75, 3.05) is 25.5 Å². The van der Waals surface area contributed by atoms with Crippen molar-refractivity contribution in [3.8, 4) is 5.75 Å². The standard InChI is InChI=1S/C26H36FN3O3/c1-17(2)25(29-26(32)28-22-6-5-7-23(15-22)33-4)24(31)16-30-13-12-20(14-18(30)3)19-8-10-21(27)11-9-19/h5-11,15,17-18,20,24-25,31H,12-14,16H2,1-4H3,(H2,28,29,32)/t18?,20?,24-,25-/m1/s1. The number of amides is 2. The first-order chi connectivity index (χ1) is 15.8. The van der Waals surface area contributed by atoms with Crippen LogP contribution in [0.3, 0.4) is 0 Å². The first-order valence-corrected chi connectivity index (χ1v) is 11.7. The molecule has 6 nitrogen and oxygen atoms in total. The number of hydrogen-bond donors (Lipinski definition) is 3. The van der Waals surface area contributed by atoms with Crippen molar-refractivity contribution >= 4 is 11.7 Å². The van der Waals surface area contributed by atoms with Gasteiger partial charge in [0.15, 0.2) is 0 Å². The van der Waals surface area contributed by atoms with Crippen molar-refractivity contribution in [1.82, 2.24) is 10.2 Å². The van der Waals surface area contributed by atoms with Crippen LogP contribution in [0.1, 0.15) is 45.1 Å². The molecule has 0 bridgehead atoms. The minimum absolute atomic E-state index is 0.0584. The van der Waals surface area contributed by atoms with E-state index in [0.29, 0.717) is 23.9 Å². The predicted octanol–water partition coefficient (Wildman–Crippen LogP) is 4.61. The van der Waals surface area contributed by atoms with Crippen LogP contribution in [0.25, 0.3) is 0 Å². The molecule has 3 rings (SSSR count). The zero-order valence-corrected chi connectivity index (χ0v) is 19.9. The molecule has 1 aliphatic heterocycles. The Balaban J connectivity index is 1.55. The van der Waals surface area contributed by atoms with E-state index in [-0.39, 0.29) is 23.8 Å². The van der Waals surface area contributed by atoms with Crippen molar-refractivity contribution < 1.29 is 19.0 Å². The fraction of sp³-hybridized carbons (Fsp3) is 0.500. The van der Waals surface area contributed by atoms with E-state index in [2.05, 4.69) is 22.5 Å². The molecule has 2 amide bonds. The van der Waals surface area contributed by atoms with E-state index >= 15 is 0 Å². The molecule has 2 unspecified atom stereocenters. The lowest BCUT2D eigenvalue weighted by atomic mass is 9.85. The van der Waals surface area contributed by atoms with Crippen LogP contribution in [0.5, 0.6) is 5.75 Å². The molecular formula is C26H36FN3O3. The summed E-state index contributed by atoms with van der Waals surface area (Å²) in [4.78, 5) is 14.9. The maximum Gasteiger partial charge on any atom is 0.319 e. The molecule has 2 aromatic carbocycles. The molecule has 4 atom stereocenters. The lowest BCUT2D eigenvalue weighted by Gasteiger charge is -2.40. The number of urea groups is 1. The molecule has 0 aromatic heterocycles. The van der Waals surface area contributed by atoms with Crippen molar-refractivity contribution in [2.24, 2.45) is 5.92 Å². The second kappa shape index (κ2) is 11.5. The largest absolute Gasteiger partial charge is 0.497 e. The normalized spacial score (nSPS) is 20.8. The summed E-state index contributed by atoms with van der Waals surface area (Å²) >= 11 is 0. The quantitative estimate of drug-likeness (QED) is 0.541. The van der Waals surface area contributed by atoms with E-state index in [0.717, 1.165) is 19.4 Å². The zero-order valence-electron chi connectivity index (χ0n) is 19.9. The molecule has 0 spiro atoms. The smallest absolute Gasteiger partial charge is 0.319 e. The summed E-state index contributed by atoms with van der Waals surface area (Å²) < 4.78 is 18.4. The van der Waals surface area contributed by atoms with Crippen LogP contribution >= 0.6 is 0 Å². The molecule has 0 aliphatic carbocycles. The molecule has 3 N–H and O–H groups in total. The Labute approximate surface area is 196 Å². The van der Waals surface area contributed by atoms with E-state index in [4.69, 9.17) is 4.74 Å². The SMILES string of the molecule is COc1cccc(NC(=O)N[C@H](C(C)C)[C@H](O)CN2CCC(c3ccc(F)cc3)CC2C)c1. The lowest BCUT2D eigenvalue weighted by molar-refractivity contribution is 0.0387. The summed E-state index contributed by atoms with van der Waals surface area (Å²) in [7, 11) is 1.58. The highest BCUT2D eigenvalue weighted by Gasteiger charge is 2.31. The minimum Gasteiger partial charge on any atom is -0.497 e. The maximum atomic E-state index is 13.2. The van der Waals surface area contributed by atoms with Gasteiger partial charge in [0, 0.05) is 24.3 Å². The van der Waals surface area contributed by atoms with Gasteiger partial charge in [-0.1, -0.05) is 32.0 Å². The number of likely N-dealkylation sites (tertiary alicyclic amines) is 1. The van der Waals surface area contributed by atoms with Gasteiger partial charge in [-0.05, 0) is 68.0 Å². The van der Waals surface area contributed by atoms with Gasteiger partial charge in [-0.15, -0.1) is 0 Å². The van der Waals surface area contributed by atoms with Crippen LogP contribution in [-0.4, -0.2) is 54.4 Å². The Kier molecular flexibility index (Phi) is 8.69. The molecule has 0 saturated carbocycles. The Bertz CT molecular complexity index is 906. The summed E-state index contributed by atoms with van der Waals surface area (Å²) in [5, 5.41) is 16.8. The predicted molar refractivity (Wildman–Crippen MR) is 129 cm³/mol.